The molecule has 1 aromatic heterocycles. The summed E-state index contributed by atoms with van der Waals surface area (Å²) < 4.78 is 57.9. The molecule has 0 amide bonds. The maximum atomic E-state index is 14.2. The minimum absolute atomic E-state index is 0.0136. The predicted octanol–water partition coefficient (Wildman–Crippen LogP) is 3.35. The van der Waals surface area contributed by atoms with Crippen molar-refractivity contribution in [2.24, 2.45) is 0 Å². The number of benzene rings is 1. The van der Waals surface area contributed by atoms with Gasteiger partial charge in [0.25, 0.3) is 0 Å². The molecule has 0 unspecified atom stereocenters. The molecule has 1 atom stereocenters. The third-order valence-corrected chi connectivity index (χ3v) is 4.40. The normalized spacial score (nSPS) is 18.5. The van der Waals surface area contributed by atoms with Crippen molar-refractivity contribution in [1.82, 2.24) is 14.9 Å². The number of alkyl halides is 3. The Bertz CT molecular complexity index is 812. The zero-order chi connectivity index (χ0) is 19.6. The summed E-state index contributed by atoms with van der Waals surface area (Å²) in [5.41, 5.74) is -0.185. The van der Waals surface area contributed by atoms with Crippen LogP contribution in [-0.4, -0.2) is 54.3 Å². The van der Waals surface area contributed by atoms with Gasteiger partial charge in [-0.15, -0.1) is 0 Å². The average molecular weight is 384 g/mol. The number of rotatable bonds is 4. The van der Waals surface area contributed by atoms with E-state index in [0.717, 1.165) is 25.2 Å². The lowest BCUT2D eigenvalue weighted by Gasteiger charge is -2.30. The van der Waals surface area contributed by atoms with Crippen LogP contribution in [0.2, 0.25) is 0 Å². The largest absolute Gasteiger partial charge is 0.416 e. The van der Waals surface area contributed by atoms with Gasteiger partial charge in [-0.25, -0.2) is 14.4 Å². The lowest BCUT2D eigenvalue weighted by atomic mass is 10.0. The molecule has 1 aromatic carbocycles. The van der Waals surface area contributed by atoms with Gasteiger partial charge in [0.15, 0.2) is 0 Å². The number of aryl methyl sites for hydroxylation is 1. The van der Waals surface area contributed by atoms with Crippen LogP contribution >= 0.6 is 0 Å². The molecule has 5 nitrogen and oxygen atoms in total. The van der Waals surface area contributed by atoms with Crippen molar-refractivity contribution in [3.05, 3.63) is 41.5 Å². The van der Waals surface area contributed by atoms with Gasteiger partial charge >= 0.3 is 6.18 Å². The van der Waals surface area contributed by atoms with Crippen molar-refractivity contribution in [2.75, 3.05) is 38.6 Å². The molecule has 1 saturated heterocycles. The van der Waals surface area contributed by atoms with E-state index in [1.165, 1.54) is 6.20 Å². The summed E-state index contributed by atoms with van der Waals surface area (Å²) in [6, 6.07) is 2.43. The van der Waals surface area contributed by atoms with Crippen molar-refractivity contribution in [3.63, 3.8) is 0 Å². The third-order valence-electron chi connectivity index (χ3n) is 4.40. The Hall–Kier alpha value is -2.26. The van der Waals surface area contributed by atoms with E-state index in [2.05, 4.69) is 20.2 Å². The Kier molecular flexibility index (Phi) is 5.61. The van der Waals surface area contributed by atoms with Crippen LogP contribution in [0.25, 0.3) is 11.1 Å². The minimum Gasteiger partial charge on any atom is -0.374 e. The summed E-state index contributed by atoms with van der Waals surface area (Å²) >= 11 is 0. The molecule has 0 bridgehead atoms. The topological polar surface area (TPSA) is 50.3 Å². The Balaban J connectivity index is 1.73. The number of halogens is 4. The standard InChI is InChI=1S/C18H20F4N4O/c1-11-15(14-4-3-12(7-16(14)19)18(20,21)22)9-24-17(25-11)23-8-13-10-26(2)5-6-27-13/h3-4,7,9,13H,5-6,8,10H2,1-2H3,(H,23,24,25)/t13-/m0/s1. The molecule has 0 spiro atoms. The zero-order valence-electron chi connectivity index (χ0n) is 15.0. The molecule has 1 aliphatic rings. The summed E-state index contributed by atoms with van der Waals surface area (Å²) in [5, 5.41) is 3.08. The van der Waals surface area contributed by atoms with E-state index in [0.29, 0.717) is 36.4 Å². The van der Waals surface area contributed by atoms with Gasteiger partial charge < -0.3 is 15.0 Å². The van der Waals surface area contributed by atoms with Crippen LogP contribution < -0.4 is 5.32 Å². The SMILES string of the molecule is Cc1nc(NC[C@H]2CN(C)CCO2)ncc1-c1ccc(C(F)(F)F)cc1F. The smallest absolute Gasteiger partial charge is 0.374 e. The molecule has 0 radical (unpaired) electrons. The molecule has 1 N–H and O–H groups in total. The molecule has 3 rings (SSSR count). The summed E-state index contributed by atoms with van der Waals surface area (Å²) in [5.74, 6) is -0.601. The maximum absolute atomic E-state index is 14.2. The molecule has 2 aromatic rings. The highest BCUT2D eigenvalue weighted by molar-refractivity contribution is 5.66. The second-order valence-corrected chi connectivity index (χ2v) is 6.52. The van der Waals surface area contributed by atoms with Gasteiger partial charge in [-0.05, 0) is 26.1 Å². The summed E-state index contributed by atoms with van der Waals surface area (Å²) in [4.78, 5) is 10.6. The minimum atomic E-state index is -4.59. The van der Waals surface area contributed by atoms with Crippen molar-refractivity contribution in [1.29, 1.82) is 0 Å². The summed E-state index contributed by atoms with van der Waals surface area (Å²) in [7, 11) is 2.02. The highest BCUT2D eigenvalue weighted by Crippen LogP contribution is 2.33. The average Bonchev–Trinajstić information content (AvgIpc) is 2.60. The van der Waals surface area contributed by atoms with Gasteiger partial charge in [0.2, 0.25) is 5.95 Å². The molecule has 27 heavy (non-hydrogen) atoms. The molecule has 146 valence electrons. The second-order valence-electron chi connectivity index (χ2n) is 6.52. The Labute approximate surface area is 154 Å². The van der Waals surface area contributed by atoms with E-state index >= 15 is 0 Å². The predicted molar refractivity (Wildman–Crippen MR) is 92.9 cm³/mol. The number of hydrogen-bond acceptors (Lipinski definition) is 5. The third kappa shape index (κ3) is 4.72. The van der Waals surface area contributed by atoms with Gasteiger partial charge in [0.1, 0.15) is 5.82 Å². The molecular weight excluding hydrogens is 364 g/mol. The highest BCUT2D eigenvalue weighted by atomic mass is 19.4. The lowest BCUT2D eigenvalue weighted by molar-refractivity contribution is -0.137. The Morgan fingerprint density at radius 1 is 1.30 bits per heavy atom. The van der Waals surface area contributed by atoms with Gasteiger partial charge in [-0.1, -0.05) is 6.07 Å². The zero-order valence-corrected chi connectivity index (χ0v) is 15.0. The number of nitrogens with one attached hydrogen (secondary N) is 1. The van der Waals surface area contributed by atoms with Crippen molar-refractivity contribution < 1.29 is 22.3 Å². The molecule has 0 aliphatic carbocycles. The number of nitrogens with zero attached hydrogens (tertiary/aromatic N) is 3. The first kappa shape index (κ1) is 19.5. The van der Waals surface area contributed by atoms with Crippen LogP contribution in [0, 0.1) is 12.7 Å². The summed E-state index contributed by atoms with van der Waals surface area (Å²) in [6.45, 7) is 4.52. The fourth-order valence-electron chi connectivity index (χ4n) is 2.92. The van der Waals surface area contributed by atoms with Gasteiger partial charge in [-0.3, -0.25) is 0 Å². The van der Waals surface area contributed by atoms with E-state index in [-0.39, 0.29) is 11.7 Å². The summed E-state index contributed by atoms with van der Waals surface area (Å²) in [6.07, 6.45) is -3.17. The molecule has 2 heterocycles. The van der Waals surface area contributed by atoms with E-state index < -0.39 is 17.6 Å². The van der Waals surface area contributed by atoms with Crippen LogP contribution in [0.15, 0.2) is 24.4 Å². The first-order valence-corrected chi connectivity index (χ1v) is 8.49. The number of hydrogen-bond donors (Lipinski definition) is 1. The maximum Gasteiger partial charge on any atom is 0.416 e. The second kappa shape index (κ2) is 7.77. The number of anilines is 1. The van der Waals surface area contributed by atoms with Crippen LogP contribution in [0.3, 0.4) is 0 Å². The number of aromatic nitrogens is 2. The first-order valence-electron chi connectivity index (χ1n) is 8.49. The van der Waals surface area contributed by atoms with Crippen LogP contribution in [0.5, 0.6) is 0 Å². The van der Waals surface area contributed by atoms with Crippen LogP contribution in [0.4, 0.5) is 23.5 Å². The van der Waals surface area contributed by atoms with Gasteiger partial charge in [0, 0.05) is 37.0 Å². The molecule has 9 heteroatoms. The monoisotopic (exact) mass is 384 g/mol. The quantitative estimate of drug-likeness (QED) is 0.820. The molecule has 1 aliphatic heterocycles. The molecular formula is C18H20F4N4O. The lowest BCUT2D eigenvalue weighted by Crippen LogP contribution is -2.43. The number of likely N-dealkylation sites (N-methyl/N-ethyl adjacent to an activating group) is 1. The van der Waals surface area contributed by atoms with E-state index in [9.17, 15) is 17.6 Å². The van der Waals surface area contributed by atoms with Crippen molar-refractivity contribution in [2.45, 2.75) is 19.2 Å². The molecule has 0 saturated carbocycles. The van der Waals surface area contributed by atoms with Crippen molar-refractivity contribution in [3.8, 4) is 11.1 Å². The fraction of sp³-hybridized carbons (Fsp3) is 0.444. The highest BCUT2D eigenvalue weighted by Gasteiger charge is 2.31. The number of ether oxygens (including phenoxy) is 1. The van der Waals surface area contributed by atoms with Crippen LogP contribution in [0.1, 0.15) is 11.3 Å². The van der Waals surface area contributed by atoms with E-state index in [1.54, 1.807) is 6.92 Å². The van der Waals surface area contributed by atoms with E-state index in [1.807, 2.05) is 7.05 Å². The van der Waals surface area contributed by atoms with E-state index in [4.69, 9.17) is 4.74 Å². The Morgan fingerprint density at radius 3 is 2.70 bits per heavy atom. The fourth-order valence-corrected chi connectivity index (χ4v) is 2.92. The van der Waals surface area contributed by atoms with Crippen molar-refractivity contribution >= 4 is 5.95 Å². The van der Waals surface area contributed by atoms with Gasteiger partial charge in [0.05, 0.1) is 24.0 Å². The molecule has 1 fully saturated rings. The van der Waals surface area contributed by atoms with Crippen LogP contribution in [-0.2, 0) is 10.9 Å². The first-order chi connectivity index (χ1) is 12.7. The van der Waals surface area contributed by atoms with Gasteiger partial charge in [-0.2, -0.15) is 13.2 Å². The Morgan fingerprint density at radius 2 is 2.07 bits per heavy atom. The number of morpholine rings is 1.